The van der Waals surface area contributed by atoms with E-state index in [0.29, 0.717) is 5.75 Å². The molecule has 0 aliphatic rings. The fourth-order valence-electron chi connectivity index (χ4n) is 2.31. The van der Waals surface area contributed by atoms with E-state index >= 15 is 0 Å². The summed E-state index contributed by atoms with van der Waals surface area (Å²) in [5.41, 5.74) is 0.755. The number of halogens is 1. The van der Waals surface area contributed by atoms with E-state index in [1.54, 1.807) is 6.92 Å². The molecule has 23 heavy (non-hydrogen) atoms. The molecule has 3 nitrogen and oxygen atoms in total. The lowest BCUT2D eigenvalue weighted by Crippen LogP contribution is -2.30. The number of amides is 1. The minimum Gasteiger partial charge on any atom is -0.480 e. The summed E-state index contributed by atoms with van der Waals surface area (Å²) in [6.45, 7) is 1.74. The second kappa shape index (κ2) is 6.84. The third kappa shape index (κ3) is 3.54. The van der Waals surface area contributed by atoms with Crippen LogP contribution in [0.4, 0.5) is 5.69 Å². The van der Waals surface area contributed by atoms with Crippen molar-refractivity contribution in [1.82, 2.24) is 0 Å². The topological polar surface area (TPSA) is 38.3 Å². The van der Waals surface area contributed by atoms with E-state index in [2.05, 4.69) is 21.2 Å². The van der Waals surface area contributed by atoms with Crippen molar-refractivity contribution in [2.24, 2.45) is 0 Å². The molecule has 0 aliphatic heterocycles. The first-order valence-electron chi connectivity index (χ1n) is 7.35. The number of anilines is 1. The minimum absolute atomic E-state index is 0.184. The lowest BCUT2D eigenvalue weighted by atomic mass is 10.1. The SMILES string of the molecule is C[C@H](Oc1ccc2ccccc2c1Br)C(=O)Nc1ccccc1. The second-order valence-electron chi connectivity index (χ2n) is 5.21. The molecule has 0 aromatic heterocycles. The van der Waals surface area contributed by atoms with Crippen LogP contribution in [0.15, 0.2) is 71.2 Å². The lowest BCUT2D eigenvalue weighted by molar-refractivity contribution is -0.122. The van der Waals surface area contributed by atoms with Gasteiger partial charge in [0.15, 0.2) is 6.10 Å². The molecule has 0 heterocycles. The Hall–Kier alpha value is -2.33. The van der Waals surface area contributed by atoms with Crippen molar-refractivity contribution >= 4 is 38.3 Å². The van der Waals surface area contributed by atoms with E-state index in [1.165, 1.54) is 0 Å². The number of benzene rings is 3. The van der Waals surface area contributed by atoms with Gasteiger partial charge in [0.1, 0.15) is 5.75 Å². The Morgan fingerprint density at radius 1 is 1.00 bits per heavy atom. The average molecular weight is 370 g/mol. The highest BCUT2D eigenvalue weighted by Crippen LogP contribution is 2.33. The molecule has 3 rings (SSSR count). The van der Waals surface area contributed by atoms with E-state index < -0.39 is 6.10 Å². The summed E-state index contributed by atoms with van der Waals surface area (Å²) in [5, 5.41) is 5.01. The maximum Gasteiger partial charge on any atom is 0.265 e. The Morgan fingerprint density at radius 2 is 1.70 bits per heavy atom. The van der Waals surface area contributed by atoms with E-state index in [0.717, 1.165) is 20.9 Å². The number of hydrogen-bond donors (Lipinski definition) is 1. The molecular weight excluding hydrogens is 354 g/mol. The third-order valence-corrected chi connectivity index (χ3v) is 4.36. The zero-order valence-electron chi connectivity index (χ0n) is 12.6. The van der Waals surface area contributed by atoms with Crippen LogP contribution in [0.2, 0.25) is 0 Å². The Morgan fingerprint density at radius 3 is 2.48 bits per heavy atom. The van der Waals surface area contributed by atoms with Crippen molar-refractivity contribution in [1.29, 1.82) is 0 Å². The summed E-state index contributed by atoms with van der Waals surface area (Å²) >= 11 is 3.57. The molecule has 3 aromatic rings. The number of fused-ring (bicyclic) bond motifs is 1. The van der Waals surface area contributed by atoms with Gasteiger partial charge in [0.25, 0.3) is 5.91 Å². The zero-order valence-corrected chi connectivity index (χ0v) is 14.2. The summed E-state index contributed by atoms with van der Waals surface area (Å²) in [4.78, 5) is 12.2. The molecule has 0 spiro atoms. The molecular formula is C19H16BrNO2. The summed E-state index contributed by atoms with van der Waals surface area (Å²) in [7, 11) is 0. The van der Waals surface area contributed by atoms with Gasteiger partial charge in [0.2, 0.25) is 0 Å². The first-order chi connectivity index (χ1) is 11.1. The Balaban J connectivity index is 1.76. The smallest absolute Gasteiger partial charge is 0.265 e. The molecule has 0 saturated heterocycles. The van der Waals surface area contributed by atoms with E-state index in [4.69, 9.17) is 4.74 Å². The van der Waals surface area contributed by atoms with Crippen molar-refractivity contribution in [3.05, 3.63) is 71.2 Å². The molecule has 3 aromatic carbocycles. The molecule has 0 fully saturated rings. The van der Waals surface area contributed by atoms with E-state index in [9.17, 15) is 4.79 Å². The Bertz CT molecular complexity index is 833. The highest BCUT2D eigenvalue weighted by atomic mass is 79.9. The zero-order chi connectivity index (χ0) is 16.2. The van der Waals surface area contributed by atoms with Crippen molar-refractivity contribution in [2.45, 2.75) is 13.0 Å². The van der Waals surface area contributed by atoms with Crippen LogP contribution >= 0.6 is 15.9 Å². The fourth-order valence-corrected chi connectivity index (χ4v) is 2.90. The van der Waals surface area contributed by atoms with Crippen molar-refractivity contribution in [2.75, 3.05) is 5.32 Å². The van der Waals surface area contributed by atoms with Crippen molar-refractivity contribution in [3.63, 3.8) is 0 Å². The maximum atomic E-state index is 12.2. The van der Waals surface area contributed by atoms with E-state index in [1.807, 2.05) is 66.7 Å². The first kappa shape index (κ1) is 15.6. The monoisotopic (exact) mass is 369 g/mol. The predicted octanol–water partition coefficient (Wildman–Crippen LogP) is 5.01. The van der Waals surface area contributed by atoms with Crippen LogP contribution in [0.3, 0.4) is 0 Å². The van der Waals surface area contributed by atoms with Crippen LogP contribution in [0.25, 0.3) is 10.8 Å². The molecule has 1 amide bonds. The first-order valence-corrected chi connectivity index (χ1v) is 8.14. The van der Waals surface area contributed by atoms with Gasteiger partial charge in [-0.15, -0.1) is 0 Å². The third-order valence-electron chi connectivity index (χ3n) is 3.54. The number of rotatable bonds is 4. The van der Waals surface area contributed by atoms with Gasteiger partial charge in [0, 0.05) is 5.69 Å². The van der Waals surface area contributed by atoms with Gasteiger partial charge < -0.3 is 10.1 Å². The summed E-state index contributed by atoms with van der Waals surface area (Å²) in [5.74, 6) is 0.468. The molecule has 1 N–H and O–H groups in total. The van der Waals surface area contributed by atoms with Crippen LogP contribution in [-0.4, -0.2) is 12.0 Å². The number of hydrogen-bond acceptors (Lipinski definition) is 2. The van der Waals surface area contributed by atoms with Crippen LogP contribution in [0.5, 0.6) is 5.75 Å². The van der Waals surface area contributed by atoms with Crippen LogP contribution < -0.4 is 10.1 Å². The van der Waals surface area contributed by atoms with E-state index in [-0.39, 0.29) is 5.91 Å². The minimum atomic E-state index is -0.604. The van der Waals surface area contributed by atoms with Crippen LogP contribution in [-0.2, 0) is 4.79 Å². The largest absolute Gasteiger partial charge is 0.480 e. The molecule has 4 heteroatoms. The summed E-state index contributed by atoms with van der Waals surface area (Å²) < 4.78 is 6.68. The number of para-hydroxylation sites is 1. The van der Waals surface area contributed by atoms with Gasteiger partial charge in [-0.25, -0.2) is 0 Å². The highest BCUT2D eigenvalue weighted by molar-refractivity contribution is 9.10. The average Bonchev–Trinajstić information content (AvgIpc) is 2.58. The Labute approximate surface area is 143 Å². The quantitative estimate of drug-likeness (QED) is 0.701. The molecule has 0 saturated carbocycles. The normalized spacial score (nSPS) is 11.9. The number of ether oxygens (including phenoxy) is 1. The fraction of sp³-hybridized carbons (Fsp3) is 0.105. The molecule has 0 bridgehead atoms. The van der Waals surface area contributed by atoms with Gasteiger partial charge in [-0.3, -0.25) is 4.79 Å². The molecule has 0 aliphatic carbocycles. The van der Waals surface area contributed by atoms with Crippen molar-refractivity contribution < 1.29 is 9.53 Å². The highest BCUT2D eigenvalue weighted by Gasteiger charge is 2.17. The molecule has 1 atom stereocenters. The summed E-state index contributed by atoms with van der Waals surface area (Å²) in [6.07, 6.45) is -0.604. The van der Waals surface area contributed by atoms with Crippen molar-refractivity contribution in [3.8, 4) is 5.75 Å². The van der Waals surface area contributed by atoms with Gasteiger partial charge in [-0.2, -0.15) is 0 Å². The Kier molecular flexibility index (Phi) is 4.63. The lowest BCUT2D eigenvalue weighted by Gasteiger charge is -2.16. The van der Waals surface area contributed by atoms with Gasteiger partial charge >= 0.3 is 0 Å². The molecule has 116 valence electrons. The standard InChI is InChI=1S/C19H16BrNO2/c1-13(19(22)21-15-8-3-2-4-9-15)23-17-12-11-14-7-5-6-10-16(14)18(17)20/h2-13H,1H3,(H,21,22)/t13-/m0/s1. The van der Waals surface area contributed by atoms with Gasteiger partial charge in [0.05, 0.1) is 4.47 Å². The number of nitrogens with one attached hydrogen (secondary N) is 1. The molecule has 0 unspecified atom stereocenters. The molecule has 0 radical (unpaired) electrons. The second-order valence-corrected chi connectivity index (χ2v) is 6.01. The van der Waals surface area contributed by atoms with Gasteiger partial charge in [-0.05, 0) is 51.8 Å². The van der Waals surface area contributed by atoms with Crippen LogP contribution in [0.1, 0.15) is 6.92 Å². The maximum absolute atomic E-state index is 12.2. The van der Waals surface area contributed by atoms with Gasteiger partial charge in [-0.1, -0.05) is 48.5 Å². The predicted molar refractivity (Wildman–Crippen MR) is 96.8 cm³/mol. The van der Waals surface area contributed by atoms with Crippen LogP contribution in [0, 0.1) is 0 Å². The number of carbonyl (C=O) groups excluding carboxylic acids is 1. The number of carbonyl (C=O) groups is 1. The summed E-state index contributed by atoms with van der Waals surface area (Å²) in [6, 6.07) is 21.2.